The molecule has 2 aromatic carbocycles. The molecule has 2 heterocycles. The standard InChI is InChI=1S/C28H29N3O2/c1-20-8-10-23(11-9-20)25-19-26(25)30-28(32)31-15-12-21(13-16-31)17-22-5-4-6-24(18-22)33-27-7-2-3-14-29-27/h2-11,14,17-18,25-26H,12-13,15-16,19H2,1H3,(H,30,32). The maximum Gasteiger partial charge on any atom is 0.317 e. The van der Waals surface area contributed by atoms with Crippen molar-refractivity contribution in [2.45, 2.75) is 38.1 Å². The van der Waals surface area contributed by atoms with Gasteiger partial charge >= 0.3 is 6.03 Å². The number of likely N-dealkylation sites (tertiary alicyclic amines) is 1. The van der Waals surface area contributed by atoms with Crippen LogP contribution in [0.15, 0.2) is 78.5 Å². The van der Waals surface area contributed by atoms with Crippen molar-refractivity contribution < 1.29 is 9.53 Å². The number of piperidine rings is 1. The summed E-state index contributed by atoms with van der Waals surface area (Å²) in [5.41, 5.74) is 5.06. The number of rotatable bonds is 5. The largest absolute Gasteiger partial charge is 0.439 e. The summed E-state index contributed by atoms with van der Waals surface area (Å²) in [5, 5.41) is 3.23. The Kier molecular flexibility index (Phi) is 6.11. The lowest BCUT2D eigenvalue weighted by molar-refractivity contribution is 0.193. The monoisotopic (exact) mass is 439 g/mol. The van der Waals surface area contributed by atoms with Crippen LogP contribution in [-0.4, -0.2) is 35.0 Å². The lowest BCUT2D eigenvalue weighted by Gasteiger charge is -2.28. The van der Waals surface area contributed by atoms with Crippen molar-refractivity contribution in [1.29, 1.82) is 0 Å². The summed E-state index contributed by atoms with van der Waals surface area (Å²) < 4.78 is 5.84. The van der Waals surface area contributed by atoms with Crippen molar-refractivity contribution in [2.24, 2.45) is 0 Å². The van der Waals surface area contributed by atoms with Crippen molar-refractivity contribution in [1.82, 2.24) is 15.2 Å². The van der Waals surface area contributed by atoms with Gasteiger partial charge < -0.3 is 15.0 Å². The van der Waals surface area contributed by atoms with Crippen LogP contribution in [0, 0.1) is 6.92 Å². The van der Waals surface area contributed by atoms with Gasteiger partial charge in [-0.1, -0.05) is 59.7 Å². The summed E-state index contributed by atoms with van der Waals surface area (Å²) in [5.74, 6) is 1.81. The van der Waals surface area contributed by atoms with Crippen molar-refractivity contribution in [2.75, 3.05) is 13.1 Å². The highest BCUT2D eigenvalue weighted by Crippen LogP contribution is 2.41. The average Bonchev–Trinajstić information content (AvgIpc) is 3.60. The van der Waals surface area contributed by atoms with Crippen LogP contribution in [-0.2, 0) is 0 Å². The molecule has 168 valence electrons. The first kappa shape index (κ1) is 21.3. The molecular weight excluding hydrogens is 410 g/mol. The third-order valence-electron chi connectivity index (χ3n) is 6.39. The van der Waals surface area contributed by atoms with Crippen molar-refractivity contribution in [3.63, 3.8) is 0 Å². The minimum atomic E-state index is 0.0689. The van der Waals surface area contributed by atoms with E-state index in [1.165, 1.54) is 16.7 Å². The van der Waals surface area contributed by atoms with Gasteiger partial charge in [-0.3, -0.25) is 0 Å². The number of urea groups is 1. The number of nitrogens with one attached hydrogen (secondary N) is 1. The quantitative estimate of drug-likeness (QED) is 0.536. The summed E-state index contributed by atoms with van der Waals surface area (Å²) in [6, 6.07) is 22.6. The number of hydrogen-bond donors (Lipinski definition) is 1. The maximum atomic E-state index is 12.7. The molecule has 1 aliphatic heterocycles. The van der Waals surface area contributed by atoms with Gasteiger partial charge in [-0.05, 0) is 55.5 Å². The summed E-state index contributed by atoms with van der Waals surface area (Å²) >= 11 is 0. The third kappa shape index (κ3) is 5.43. The number of amides is 2. The Labute approximate surface area is 195 Å². The van der Waals surface area contributed by atoms with Crippen molar-refractivity contribution in [3.8, 4) is 11.6 Å². The average molecular weight is 440 g/mol. The van der Waals surface area contributed by atoms with E-state index in [2.05, 4.69) is 53.6 Å². The highest BCUT2D eigenvalue weighted by molar-refractivity contribution is 5.75. The second-order valence-electron chi connectivity index (χ2n) is 8.94. The molecular formula is C28H29N3O2. The number of ether oxygens (including phenoxy) is 1. The van der Waals surface area contributed by atoms with Gasteiger partial charge in [-0.25, -0.2) is 9.78 Å². The number of benzene rings is 2. The Hall–Kier alpha value is -3.60. The minimum Gasteiger partial charge on any atom is -0.439 e. The molecule has 3 aromatic rings. The zero-order chi connectivity index (χ0) is 22.6. The summed E-state index contributed by atoms with van der Waals surface area (Å²) in [7, 11) is 0. The molecule has 0 spiro atoms. The van der Waals surface area contributed by atoms with Crippen LogP contribution in [0.1, 0.15) is 41.9 Å². The van der Waals surface area contributed by atoms with E-state index in [1.54, 1.807) is 6.20 Å². The molecule has 1 N–H and O–H groups in total. The van der Waals surface area contributed by atoms with Gasteiger partial charge in [-0.2, -0.15) is 0 Å². The lowest BCUT2D eigenvalue weighted by Crippen LogP contribution is -2.44. The molecule has 5 heteroatoms. The van der Waals surface area contributed by atoms with E-state index >= 15 is 0 Å². The fourth-order valence-electron chi connectivity index (χ4n) is 4.36. The molecule has 2 amide bonds. The van der Waals surface area contributed by atoms with Gasteiger partial charge in [0.15, 0.2) is 0 Å². The smallest absolute Gasteiger partial charge is 0.317 e. The van der Waals surface area contributed by atoms with E-state index in [0.717, 1.165) is 43.7 Å². The second kappa shape index (κ2) is 9.49. The fraction of sp³-hybridized carbons (Fsp3) is 0.286. The lowest BCUT2D eigenvalue weighted by atomic mass is 10.0. The van der Waals surface area contributed by atoms with Gasteiger partial charge in [0.1, 0.15) is 5.75 Å². The number of hydrogen-bond acceptors (Lipinski definition) is 3. The first-order valence-corrected chi connectivity index (χ1v) is 11.6. The molecule has 1 saturated heterocycles. The van der Waals surface area contributed by atoms with Crippen LogP contribution in [0.25, 0.3) is 6.08 Å². The molecule has 2 fully saturated rings. The minimum absolute atomic E-state index is 0.0689. The molecule has 5 rings (SSSR count). The van der Waals surface area contributed by atoms with Crippen LogP contribution in [0.2, 0.25) is 0 Å². The molecule has 0 radical (unpaired) electrons. The summed E-state index contributed by atoms with van der Waals surface area (Å²) in [4.78, 5) is 18.9. The number of nitrogens with zero attached hydrogens (tertiary/aromatic N) is 2. The molecule has 33 heavy (non-hydrogen) atoms. The highest BCUT2D eigenvalue weighted by atomic mass is 16.5. The first-order chi connectivity index (χ1) is 16.1. The molecule has 0 bridgehead atoms. The van der Waals surface area contributed by atoms with E-state index in [1.807, 2.05) is 41.3 Å². The van der Waals surface area contributed by atoms with E-state index in [0.29, 0.717) is 11.8 Å². The number of carbonyl (C=O) groups excluding carboxylic acids is 1. The normalized spacial score (nSPS) is 19.7. The van der Waals surface area contributed by atoms with E-state index < -0.39 is 0 Å². The Morgan fingerprint density at radius 2 is 1.88 bits per heavy atom. The zero-order valence-corrected chi connectivity index (χ0v) is 18.9. The number of aryl methyl sites for hydroxylation is 1. The maximum absolute atomic E-state index is 12.7. The Morgan fingerprint density at radius 3 is 2.64 bits per heavy atom. The molecule has 2 aliphatic rings. The van der Waals surface area contributed by atoms with Crippen LogP contribution in [0.5, 0.6) is 11.6 Å². The number of carbonyl (C=O) groups is 1. The van der Waals surface area contributed by atoms with E-state index in [9.17, 15) is 4.79 Å². The Morgan fingerprint density at radius 1 is 1.06 bits per heavy atom. The molecule has 1 aromatic heterocycles. The van der Waals surface area contributed by atoms with Gasteiger partial charge in [0.2, 0.25) is 5.88 Å². The predicted octanol–water partition coefficient (Wildman–Crippen LogP) is 5.93. The first-order valence-electron chi connectivity index (χ1n) is 11.6. The summed E-state index contributed by atoms with van der Waals surface area (Å²) in [6.45, 7) is 3.61. The van der Waals surface area contributed by atoms with Crippen molar-refractivity contribution in [3.05, 3.63) is 95.2 Å². The number of aromatic nitrogens is 1. The zero-order valence-electron chi connectivity index (χ0n) is 18.9. The van der Waals surface area contributed by atoms with Crippen LogP contribution < -0.4 is 10.1 Å². The van der Waals surface area contributed by atoms with Crippen molar-refractivity contribution >= 4 is 12.1 Å². The van der Waals surface area contributed by atoms with Crippen LogP contribution >= 0.6 is 0 Å². The molecule has 5 nitrogen and oxygen atoms in total. The van der Waals surface area contributed by atoms with E-state index in [-0.39, 0.29) is 12.1 Å². The SMILES string of the molecule is Cc1ccc(C2CC2NC(=O)N2CCC(=Cc3cccc(Oc4ccccn4)c3)CC2)cc1. The Bertz CT molecular complexity index is 1130. The Balaban J connectivity index is 1.12. The molecule has 2 unspecified atom stereocenters. The van der Waals surface area contributed by atoms with Gasteiger partial charge in [0.05, 0.1) is 0 Å². The topological polar surface area (TPSA) is 54.5 Å². The number of pyridine rings is 1. The highest BCUT2D eigenvalue weighted by Gasteiger charge is 2.40. The predicted molar refractivity (Wildman–Crippen MR) is 130 cm³/mol. The molecule has 2 atom stereocenters. The van der Waals surface area contributed by atoms with Gasteiger partial charge in [-0.15, -0.1) is 0 Å². The third-order valence-corrected chi connectivity index (χ3v) is 6.39. The molecule has 1 saturated carbocycles. The van der Waals surface area contributed by atoms with Gasteiger partial charge in [0.25, 0.3) is 0 Å². The van der Waals surface area contributed by atoms with E-state index in [4.69, 9.17) is 4.74 Å². The van der Waals surface area contributed by atoms with Gasteiger partial charge in [0, 0.05) is 37.3 Å². The molecule has 1 aliphatic carbocycles. The second-order valence-corrected chi connectivity index (χ2v) is 8.94. The van der Waals surface area contributed by atoms with Crippen LogP contribution in [0.4, 0.5) is 4.79 Å². The van der Waals surface area contributed by atoms with Crippen LogP contribution in [0.3, 0.4) is 0 Å². The summed E-state index contributed by atoms with van der Waals surface area (Å²) in [6.07, 6.45) is 6.76. The fourth-order valence-corrected chi connectivity index (χ4v) is 4.36.